The fourth-order valence-corrected chi connectivity index (χ4v) is 4.86. The van der Waals surface area contributed by atoms with Gasteiger partial charge in [-0.05, 0) is 59.4 Å². The molecule has 0 bridgehead atoms. The Balaban J connectivity index is -0.000000309. The average Bonchev–Trinajstić information content (AvgIpc) is 3.48. The van der Waals surface area contributed by atoms with Crippen LogP contribution in [0.1, 0.15) is 83.2 Å². The van der Waals surface area contributed by atoms with Gasteiger partial charge in [0, 0.05) is 25.0 Å². The van der Waals surface area contributed by atoms with E-state index in [0.717, 1.165) is 16.7 Å². The van der Waals surface area contributed by atoms with Crippen molar-refractivity contribution in [1.29, 1.82) is 0 Å². The van der Waals surface area contributed by atoms with E-state index in [2.05, 4.69) is 25.6 Å². The van der Waals surface area contributed by atoms with Crippen LogP contribution in [-0.2, 0) is 39.4 Å². The maximum atomic E-state index is 13.5. The van der Waals surface area contributed by atoms with Gasteiger partial charge in [0.25, 0.3) is 12.4 Å². The van der Waals surface area contributed by atoms with Crippen molar-refractivity contribution >= 4 is 34.3 Å². The van der Waals surface area contributed by atoms with Crippen molar-refractivity contribution in [2.24, 2.45) is 5.73 Å². The number of esters is 1. The number of rotatable bonds is 6. The molecule has 0 unspecified atom stereocenters. The monoisotopic (exact) mass is 822 g/mol. The normalized spacial score (nSPS) is 9.96. The maximum absolute atomic E-state index is 13.5. The molecule has 5 rings (SSSR count). The van der Waals surface area contributed by atoms with Crippen molar-refractivity contribution in [2.45, 2.75) is 66.5 Å². The Labute approximate surface area is 396 Å². The number of carbonyl (C=O) groups is 3. The first kappa shape index (κ1) is 54.2. The number of nitrogens with two attached hydrogens (primary N) is 1. The van der Waals surface area contributed by atoms with Crippen LogP contribution in [0.2, 0.25) is 0 Å². The number of benzene rings is 4. The molecule has 0 saturated carbocycles. The summed E-state index contributed by atoms with van der Waals surface area (Å²) < 4.78 is 31.3. The van der Waals surface area contributed by atoms with Gasteiger partial charge in [-0.2, -0.15) is 0 Å². The standard InChI is InChI=1S/C16H14FNO.C10H10BrFO2.C7H9N.2C2H6.CH2O3.2K.H/c1-11-14(17)8-7-13-10-18(16(19)15(11)13)9-12-5-3-2-4-6-12;1-6-8(12)4-3-7(5-11)9(6)10(13)14-2;8-6-7-4-2-1-3-5-7;2*1-2;2-1-4-3;;;/h2-8H,9-10H2,1H3;3-4H,5H2,1-2H3;1-5H,6,8H2;2*1-2H3;1,3H;;;/q;;;;;;2*+1;-1/p-1. The second-order valence-corrected chi connectivity index (χ2v) is 10.1. The van der Waals surface area contributed by atoms with Crippen LogP contribution in [-0.4, -0.2) is 30.4 Å². The van der Waals surface area contributed by atoms with Gasteiger partial charge in [-0.15, -0.1) is 0 Å². The fourth-order valence-electron chi connectivity index (χ4n) is 4.39. The second-order valence-electron chi connectivity index (χ2n) is 9.57. The number of hydrogen-bond acceptors (Lipinski definition) is 7. The van der Waals surface area contributed by atoms with Crippen molar-refractivity contribution in [3.63, 3.8) is 0 Å². The average molecular weight is 824 g/mol. The smallest absolute Gasteiger partial charge is 1.00 e. The first-order valence-electron chi connectivity index (χ1n) is 15.6. The molecule has 0 aromatic heterocycles. The van der Waals surface area contributed by atoms with Gasteiger partial charge in [0.1, 0.15) is 11.6 Å². The Bertz CT molecular complexity index is 1580. The molecule has 1 heterocycles. The minimum atomic E-state index is -0.503. The van der Waals surface area contributed by atoms with Crippen molar-refractivity contribution in [2.75, 3.05) is 7.11 Å². The summed E-state index contributed by atoms with van der Waals surface area (Å²) in [5.41, 5.74) is 10.9. The van der Waals surface area contributed by atoms with Gasteiger partial charge in [-0.3, -0.25) is 9.59 Å². The van der Waals surface area contributed by atoms with Gasteiger partial charge >= 0.3 is 109 Å². The van der Waals surface area contributed by atoms with E-state index in [9.17, 15) is 18.4 Å². The van der Waals surface area contributed by atoms with Crippen LogP contribution in [0, 0.1) is 25.5 Å². The number of carbonyl (C=O) groups excluding carboxylic acids is 3. The van der Waals surface area contributed by atoms with Gasteiger partial charge in [-0.25, -0.2) is 13.6 Å². The summed E-state index contributed by atoms with van der Waals surface area (Å²) in [4.78, 5) is 36.7. The molecular formula is C38H47BrF2K2N2O6. The van der Waals surface area contributed by atoms with E-state index in [-0.39, 0.29) is 122 Å². The molecule has 0 aliphatic carbocycles. The third-order valence-corrected chi connectivity index (χ3v) is 7.30. The summed E-state index contributed by atoms with van der Waals surface area (Å²) in [6.45, 7) is 12.8. The number of methoxy groups -OCH3 is 1. The van der Waals surface area contributed by atoms with Crippen LogP contribution in [0.15, 0.2) is 84.9 Å². The quantitative estimate of drug-likeness (QED) is 0.0788. The van der Waals surface area contributed by atoms with Crippen LogP contribution < -0.4 is 114 Å². The summed E-state index contributed by atoms with van der Waals surface area (Å²) in [5.74, 6) is -1.28. The molecule has 1 aliphatic rings. The summed E-state index contributed by atoms with van der Waals surface area (Å²) in [5, 5.41) is 8.93. The Hall–Kier alpha value is -1.18. The predicted molar refractivity (Wildman–Crippen MR) is 192 cm³/mol. The van der Waals surface area contributed by atoms with Crippen LogP contribution in [0.4, 0.5) is 8.78 Å². The molecule has 1 amide bonds. The van der Waals surface area contributed by atoms with Crippen molar-refractivity contribution in [3.8, 4) is 0 Å². The second kappa shape index (κ2) is 32.3. The molecule has 51 heavy (non-hydrogen) atoms. The van der Waals surface area contributed by atoms with E-state index in [1.165, 1.54) is 24.8 Å². The Morgan fingerprint density at radius 1 is 0.882 bits per heavy atom. The molecule has 1 aliphatic heterocycles. The largest absolute Gasteiger partial charge is 1.00 e. The molecule has 0 saturated heterocycles. The Kier molecular flexibility index (Phi) is 34.3. The third-order valence-electron chi connectivity index (χ3n) is 6.70. The summed E-state index contributed by atoms with van der Waals surface area (Å²) in [7, 11) is 1.28. The number of halogens is 3. The van der Waals surface area contributed by atoms with Crippen LogP contribution in [0.5, 0.6) is 0 Å². The van der Waals surface area contributed by atoms with Gasteiger partial charge in [0.2, 0.25) is 0 Å². The Morgan fingerprint density at radius 2 is 1.35 bits per heavy atom. The number of amides is 1. The molecule has 13 heteroatoms. The zero-order valence-corrected chi connectivity index (χ0v) is 38.9. The molecule has 4 aromatic rings. The molecule has 2 N–H and O–H groups in total. The number of fused-ring (bicyclic) bond motifs is 1. The van der Waals surface area contributed by atoms with Crippen LogP contribution in [0.3, 0.4) is 0 Å². The van der Waals surface area contributed by atoms with Crippen molar-refractivity contribution in [1.82, 2.24) is 4.90 Å². The molecule has 0 fully saturated rings. The zero-order chi connectivity index (χ0) is 37.4. The van der Waals surface area contributed by atoms with Gasteiger partial charge in [0.05, 0.1) is 18.2 Å². The van der Waals surface area contributed by atoms with Crippen LogP contribution >= 0.6 is 15.9 Å². The predicted octanol–water partition coefficient (Wildman–Crippen LogP) is 1.86. The molecule has 268 valence electrons. The molecule has 8 nitrogen and oxygen atoms in total. The number of ether oxygens (including phenoxy) is 1. The first-order chi connectivity index (χ1) is 23.6. The summed E-state index contributed by atoms with van der Waals surface area (Å²) in [6.07, 6.45) is 0. The van der Waals surface area contributed by atoms with Gasteiger partial charge in [-0.1, -0.05) is 116 Å². The third kappa shape index (κ3) is 18.6. The fraction of sp³-hybridized carbons (Fsp3) is 0.289. The molecular weight excluding hydrogens is 777 g/mol. The van der Waals surface area contributed by atoms with Crippen molar-refractivity contribution in [3.05, 3.63) is 141 Å². The van der Waals surface area contributed by atoms with Crippen LogP contribution in [0.25, 0.3) is 0 Å². The minimum Gasteiger partial charge on any atom is -1.00 e. The number of nitrogens with zero attached hydrogens (tertiary/aromatic N) is 1. The molecule has 0 radical (unpaired) electrons. The van der Waals surface area contributed by atoms with E-state index in [4.69, 9.17) is 15.8 Å². The van der Waals surface area contributed by atoms with Gasteiger partial charge in [0.15, 0.2) is 0 Å². The van der Waals surface area contributed by atoms with E-state index in [1.807, 2.05) is 88.4 Å². The minimum absolute atomic E-state index is 0. The summed E-state index contributed by atoms with van der Waals surface area (Å²) >= 11 is 3.23. The topological polar surface area (TPSA) is 122 Å². The first-order valence-corrected chi connectivity index (χ1v) is 16.7. The van der Waals surface area contributed by atoms with Crippen molar-refractivity contribution < 1.29 is 142 Å². The molecule has 4 aromatic carbocycles. The van der Waals surface area contributed by atoms with E-state index >= 15 is 0 Å². The Morgan fingerprint density at radius 3 is 1.78 bits per heavy atom. The van der Waals surface area contributed by atoms with E-state index in [1.54, 1.807) is 30.9 Å². The molecule has 0 atom stereocenters. The zero-order valence-electron chi connectivity index (χ0n) is 32.1. The van der Waals surface area contributed by atoms with E-state index in [0.29, 0.717) is 47.2 Å². The number of alkyl halides is 1. The molecule has 0 spiro atoms. The number of hydrogen-bond donors (Lipinski definition) is 1. The summed E-state index contributed by atoms with van der Waals surface area (Å²) in [6, 6.07) is 25.9. The van der Waals surface area contributed by atoms with E-state index < -0.39 is 11.8 Å². The van der Waals surface area contributed by atoms with Gasteiger partial charge < -0.3 is 26.9 Å². The maximum Gasteiger partial charge on any atom is 1.00 e. The SMILES string of the molecule is CC.CC.COC(=O)c1c(CBr)ccc(F)c1C.Cc1c(F)ccc2c1C(=O)N(Cc1ccccc1)C2.NCc1ccccc1.O=CO[O-].[H-].[K+].[K+].